The summed E-state index contributed by atoms with van der Waals surface area (Å²) in [5, 5.41) is 0. The lowest BCUT2D eigenvalue weighted by molar-refractivity contribution is 0.0962. The maximum atomic E-state index is 12.2. The van der Waals surface area contributed by atoms with Gasteiger partial charge in [-0.2, -0.15) is 0 Å². The van der Waals surface area contributed by atoms with Gasteiger partial charge in [0.05, 0.1) is 0 Å². The second kappa shape index (κ2) is 7.49. The molecule has 1 heterocycles. The van der Waals surface area contributed by atoms with Crippen molar-refractivity contribution in [3.05, 3.63) is 59.7 Å². The molecule has 1 fully saturated rings. The van der Waals surface area contributed by atoms with Gasteiger partial charge in [0.1, 0.15) is 0 Å². The zero-order chi connectivity index (χ0) is 16.9. The lowest BCUT2D eigenvalue weighted by Crippen LogP contribution is -2.46. The summed E-state index contributed by atoms with van der Waals surface area (Å²) in [6, 6.07) is 15.8. The zero-order valence-electron chi connectivity index (χ0n) is 14.2. The Morgan fingerprint density at radius 3 is 2.42 bits per heavy atom. The third-order valence-corrected chi connectivity index (χ3v) is 4.63. The molecule has 1 saturated heterocycles. The summed E-state index contributed by atoms with van der Waals surface area (Å²) in [7, 11) is 0. The molecule has 1 aliphatic rings. The number of hydrogen-bond acceptors (Lipinski definition) is 4. The second-order valence-corrected chi connectivity index (χ2v) is 6.46. The predicted octanol–water partition coefficient (Wildman–Crippen LogP) is 2.97. The average Bonchev–Trinajstić information content (AvgIpc) is 2.61. The predicted molar refractivity (Wildman–Crippen MR) is 99.6 cm³/mol. The van der Waals surface area contributed by atoms with Crippen molar-refractivity contribution < 1.29 is 4.79 Å². The van der Waals surface area contributed by atoms with Gasteiger partial charge in [0.25, 0.3) is 0 Å². The Kier molecular flexibility index (Phi) is 5.16. The number of anilines is 2. The highest BCUT2D eigenvalue weighted by Crippen LogP contribution is 2.18. The molecule has 0 atom stereocenters. The fourth-order valence-electron chi connectivity index (χ4n) is 3.13. The Morgan fingerprint density at radius 2 is 1.75 bits per heavy atom. The van der Waals surface area contributed by atoms with Crippen LogP contribution in [0.2, 0.25) is 0 Å². The van der Waals surface area contributed by atoms with E-state index in [4.69, 9.17) is 5.73 Å². The molecule has 2 aromatic rings. The Balaban J connectivity index is 1.47. The molecule has 0 spiro atoms. The number of carbonyl (C=O) groups excluding carboxylic acids is 1. The summed E-state index contributed by atoms with van der Waals surface area (Å²) < 4.78 is 0. The lowest BCUT2D eigenvalue weighted by Gasteiger charge is -2.36. The summed E-state index contributed by atoms with van der Waals surface area (Å²) in [5.41, 5.74) is 9.70. The number of piperazine rings is 1. The summed E-state index contributed by atoms with van der Waals surface area (Å²) in [5.74, 6) is 0.191. The monoisotopic (exact) mass is 323 g/mol. The molecule has 2 aromatic carbocycles. The van der Waals surface area contributed by atoms with Crippen molar-refractivity contribution in [3.63, 3.8) is 0 Å². The quantitative estimate of drug-likeness (QED) is 0.679. The van der Waals surface area contributed by atoms with Gasteiger partial charge in [-0.15, -0.1) is 0 Å². The molecule has 4 heteroatoms. The average molecular weight is 323 g/mol. The van der Waals surface area contributed by atoms with Crippen LogP contribution in [0.25, 0.3) is 0 Å². The van der Waals surface area contributed by atoms with Gasteiger partial charge < -0.3 is 10.6 Å². The normalized spacial score (nSPS) is 15.5. The second-order valence-electron chi connectivity index (χ2n) is 6.46. The Hall–Kier alpha value is -2.33. The van der Waals surface area contributed by atoms with E-state index in [9.17, 15) is 4.79 Å². The number of carbonyl (C=O) groups is 1. The van der Waals surface area contributed by atoms with E-state index in [0.717, 1.165) is 38.3 Å². The molecule has 0 unspecified atom stereocenters. The third-order valence-electron chi connectivity index (χ3n) is 4.63. The van der Waals surface area contributed by atoms with E-state index in [2.05, 4.69) is 41.0 Å². The first kappa shape index (κ1) is 16.5. The van der Waals surface area contributed by atoms with Gasteiger partial charge in [-0.3, -0.25) is 9.69 Å². The maximum absolute atomic E-state index is 12.2. The van der Waals surface area contributed by atoms with Gasteiger partial charge in [0, 0.05) is 56.1 Å². The number of rotatable bonds is 5. The number of hydrogen-bond donors (Lipinski definition) is 1. The summed E-state index contributed by atoms with van der Waals surface area (Å²) in [4.78, 5) is 17.0. The Labute approximate surface area is 143 Å². The SMILES string of the molecule is Cc1cccc(N2CCN(CCC(=O)c3ccc(N)cc3)CC2)c1. The first-order valence-corrected chi connectivity index (χ1v) is 8.54. The van der Waals surface area contributed by atoms with Crippen molar-refractivity contribution in [1.82, 2.24) is 4.90 Å². The molecule has 4 nitrogen and oxygen atoms in total. The van der Waals surface area contributed by atoms with E-state index in [1.54, 1.807) is 12.1 Å². The number of benzene rings is 2. The van der Waals surface area contributed by atoms with Crippen LogP contribution in [0.4, 0.5) is 11.4 Å². The van der Waals surface area contributed by atoms with Gasteiger partial charge in [0.15, 0.2) is 5.78 Å². The zero-order valence-corrected chi connectivity index (χ0v) is 14.2. The van der Waals surface area contributed by atoms with Crippen LogP contribution < -0.4 is 10.6 Å². The van der Waals surface area contributed by atoms with Crippen molar-refractivity contribution in [2.45, 2.75) is 13.3 Å². The third kappa shape index (κ3) is 4.15. The molecule has 126 valence electrons. The van der Waals surface area contributed by atoms with Crippen LogP contribution in [0, 0.1) is 6.92 Å². The molecule has 0 aliphatic carbocycles. The largest absolute Gasteiger partial charge is 0.399 e. The minimum Gasteiger partial charge on any atom is -0.399 e. The summed E-state index contributed by atoms with van der Waals surface area (Å²) in [6.07, 6.45) is 0.564. The van der Waals surface area contributed by atoms with Gasteiger partial charge in [-0.05, 0) is 48.9 Å². The molecular weight excluding hydrogens is 298 g/mol. The molecule has 0 saturated carbocycles. The maximum Gasteiger partial charge on any atom is 0.164 e. The molecule has 1 aliphatic heterocycles. The van der Waals surface area contributed by atoms with Crippen LogP contribution in [0.1, 0.15) is 22.3 Å². The van der Waals surface area contributed by atoms with Crippen molar-refractivity contribution in [1.29, 1.82) is 0 Å². The molecule has 3 rings (SSSR count). The van der Waals surface area contributed by atoms with Gasteiger partial charge in [0.2, 0.25) is 0 Å². The van der Waals surface area contributed by atoms with Gasteiger partial charge >= 0.3 is 0 Å². The number of aryl methyl sites for hydroxylation is 1. The van der Waals surface area contributed by atoms with Crippen molar-refractivity contribution in [2.24, 2.45) is 0 Å². The van der Waals surface area contributed by atoms with Crippen molar-refractivity contribution in [2.75, 3.05) is 43.4 Å². The Morgan fingerprint density at radius 1 is 1.04 bits per heavy atom. The minimum absolute atomic E-state index is 0.191. The van der Waals surface area contributed by atoms with Crippen LogP contribution in [-0.4, -0.2) is 43.4 Å². The van der Waals surface area contributed by atoms with Gasteiger partial charge in [-0.1, -0.05) is 12.1 Å². The van der Waals surface area contributed by atoms with Crippen LogP contribution in [0.5, 0.6) is 0 Å². The summed E-state index contributed by atoms with van der Waals surface area (Å²) in [6.45, 7) is 6.98. The van der Waals surface area contributed by atoms with E-state index >= 15 is 0 Å². The Bertz CT molecular complexity index is 688. The minimum atomic E-state index is 0.191. The number of nitrogens with two attached hydrogens (primary N) is 1. The fraction of sp³-hybridized carbons (Fsp3) is 0.350. The first-order valence-electron chi connectivity index (χ1n) is 8.54. The van der Waals surface area contributed by atoms with Crippen molar-refractivity contribution >= 4 is 17.2 Å². The number of nitrogen functional groups attached to an aromatic ring is 1. The van der Waals surface area contributed by atoms with E-state index in [1.807, 2.05) is 12.1 Å². The topological polar surface area (TPSA) is 49.6 Å². The molecule has 0 radical (unpaired) electrons. The lowest BCUT2D eigenvalue weighted by atomic mass is 10.1. The standard InChI is InChI=1S/C20H25N3O/c1-16-3-2-4-19(15-16)23-13-11-22(12-14-23)10-9-20(24)17-5-7-18(21)8-6-17/h2-8,15H,9-14,21H2,1H3. The molecule has 24 heavy (non-hydrogen) atoms. The van der Waals surface area contributed by atoms with Crippen molar-refractivity contribution in [3.8, 4) is 0 Å². The van der Waals surface area contributed by atoms with E-state index in [0.29, 0.717) is 12.1 Å². The molecule has 2 N–H and O–H groups in total. The van der Waals surface area contributed by atoms with Crippen LogP contribution >= 0.6 is 0 Å². The summed E-state index contributed by atoms with van der Waals surface area (Å²) >= 11 is 0. The highest BCUT2D eigenvalue weighted by atomic mass is 16.1. The first-order chi connectivity index (χ1) is 11.6. The highest BCUT2D eigenvalue weighted by Gasteiger charge is 2.18. The number of ketones is 1. The number of Topliss-reactive ketones (excluding diaryl/α,β-unsaturated/α-hetero) is 1. The van der Waals surface area contributed by atoms with E-state index in [1.165, 1.54) is 11.3 Å². The molecule has 0 aromatic heterocycles. The molecular formula is C20H25N3O. The van der Waals surface area contributed by atoms with Crippen LogP contribution in [0.3, 0.4) is 0 Å². The molecule has 0 bridgehead atoms. The fourth-order valence-corrected chi connectivity index (χ4v) is 3.13. The van der Waals surface area contributed by atoms with E-state index in [-0.39, 0.29) is 5.78 Å². The number of nitrogens with zero attached hydrogens (tertiary/aromatic N) is 2. The molecule has 0 amide bonds. The van der Waals surface area contributed by atoms with Crippen LogP contribution in [0.15, 0.2) is 48.5 Å². The van der Waals surface area contributed by atoms with E-state index < -0.39 is 0 Å². The van der Waals surface area contributed by atoms with Gasteiger partial charge in [-0.25, -0.2) is 0 Å². The highest BCUT2D eigenvalue weighted by molar-refractivity contribution is 5.96. The smallest absolute Gasteiger partial charge is 0.164 e. The van der Waals surface area contributed by atoms with Crippen LogP contribution in [-0.2, 0) is 0 Å².